The van der Waals surface area contributed by atoms with E-state index in [1.54, 1.807) is 6.07 Å². The Bertz CT molecular complexity index is 788. The van der Waals surface area contributed by atoms with Gasteiger partial charge in [-0.1, -0.05) is 45.9 Å². The van der Waals surface area contributed by atoms with Crippen molar-refractivity contribution in [2.24, 2.45) is 0 Å². The van der Waals surface area contributed by atoms with E-state index in [1.165, 1.54) is 11.1 Å². The number of carbonyl (C=O) groups is 1. The molecule has 2 rings (SSSR count). The SMILES string of the molecule is Cc1cc(C(=O)NCCN(C)C)nc(Nc2c(C(C)C)cccc2C(C)C)n1. The summed E-state index contributed by atoms with van der Waals surface area (Å²) in [5, 5.41) is 6.31. The number of hydrogen-bond acceptors (Lipinski definition) is 5. The molecule has 0 saturated carbocycles. The topological polar surface area (TPSA) is 70.2 Å². The number of nitrogens with one attached hydrogen (secondary N) is 2. The van der Waals surface area contributed by atoms with Crippen LogP contribution in [0.2, 0.25) is 0 Å². The van der Waals surface area contributed by atoms with Crippen LogP contribution in [0.1, 0.15) is 66.8 Å². The molecule has 0 atom stereocenters. The van der Waals surface area contributed by atoms with Gasteiger partial charge in [-0.15, -0.1) is 0 Å². The number of aromatic nitrogens is 2. The summed E-state index contributed by atoms with van der Waals surface area (Å²) >= 11 is 0. The van der Waals surface area contributed by atoms with Crippen LogP contribution in [-0.2, 0) is 0 Å². The van der Waals surface area contributed by atoms with Crippen molar-refractivity contribution in [3.63, 3.8) is 0 Å². The Kier molecular flexibility index (Phi) is 7.52. The molecule has 0 aliphatic heterocycles. The van der Waals surface area contributed by atoms with E-state index in [4.69, 9.17) is 0 Å². The quantitative estimate of drug-likeness (QED) is 0.719. The third-order valence-electron chi connectivity index (χ3n) is 4.54. The summed E-state index contributed by atoms with van der Waals surface area (Å²) < 4.78 is 0. The molecule has 1 heterocycles. The molecule has 0 radical (unpaired) electrons. The van der Waals surface area contributed by atoms with Crippen molar-refractivity contribution < 1.29 is 4.79 Å². The van der Waals surface area contributed by atoms with Crippen LogP contribution < -0.4 is 10.6 Å². The third-order valence-corrected chi connectivity index (χ3v) is 4.54. The summed E-state index contributed by atoms with van der Waals surface area (Å²) in [6.45, 7) is 11.9. The summed E-state index contributed by atoms with van der Waals surface area (Å²) in [6, 6.07) is 8.07. The van der Waals surface area contributed by atoms with Crippen LogP contribution >= 0.6 is 0 Å². The molecule has 0 fully saturated rings. The number of para-hydroxylation sites is 1. The second kappa shape index (κ2) is 9.64. The van der Waals surface area contributed by atoms with Crippen LogP contribution in [0.4, 0.5) is 11.6 Å². The molecule has 0 spiro atoms. The van der Waals surface area contributed by atoms with Gasteiger partial charge in [0.1, 0.15) is 5.69 Å². The largest absolute Gasteiger partial charge is 0.349 e. The number of anilines is 2. The fourth-order valence-electron chi connectivity index (χ4n) is 3.03. The summed E-state index contributed by atoms with van der Waals surface area (Å²) in [7, 11) is 3.95. The second-order valence-corrected chi connectivity index (χ2v) is 8.02. The van der Waals surface area contributed by atoms with Gasteiger partial charge in [0.2, 0.25) is 5.95 Å². The van der Waals surface area contributed by atoms with Gasteiger partial charge in [0, 0.05) is 24.5 Å². The summed E-state index contributed by atoms with van der Waals surface area (Å²) in [6.07, 6.45) is 0. The molecule has 152 valence electrons. The lowest BCUT2D eigenvalue weighted by molar-refractivity contribution is 0.0946. The maximum atomic E-state index is 12.5. The maximum absolute atomic E-state index is 12.5. The van der Waals surface area contributed by atoms with Crippen molar-refractivity contribution in [3.8, 4) is 0 Å². The number of hydrogen-bond donors (Lipinski definition) is 2. The van der Waals surface area contributed by atoms with Gasteiger partial charge >= 0.3 is 0 Å². The first-order chi connectivity index (χ1) is 13.2. The number of benzene rings is 1. The van der Waals surface area contributed by atoms with Gasteiger partial charge in [0.25, 0.3) is 5.91 Å². The van der Waals surface area contributed by atoms with Gasteiger partial charge in [-0.05, 0) is 50.0 Å². The van der Waals surface area contributed by atoms with Crippen molar-refractivity contribution in [2.45, 2.75) is 46.5 Å². The van der Waals surface area contributed by atoms with Crippen LogP contribution in [0, 0.1) is 6.92 Å². The van der Waals surface area contributed by atoms with Crippen LogP contribution in [0.15, 0.2) is 24.3 Å². The van der Waals surface area contributed by atoms with E-state index >= 15 is 0 Å². The van der Waals surface area contributed by atoms with Gasteiger partial charge in [0.05, 0.1) is 0 Å². The zero-order valence-corrected chi connectivity index (χ0v) is 18.1. The molecule has 0 unspecified atom stereocenters. The number of rotatable bonds is 8. The molecular weight excluding hydrogens is 350 g/mol. The predicted molar refractivity (Wildman–Crippen MR) is 116 cm³/mol. The zero-order chi connectivity index (χ0) is 20.8. The van der Waals surface area contributed by atoms with Crippen molar-refractivity contribution in [2.75, 3.05) is 32.5 Å². The first kappa shape index (κ1) is 21.8. The van der Waals surface area contributed by atoms with Crippen LogP contribution in [0.5, 0.6) is 0 Å². The molecule has 6 heteroatoms. The van der Waals surface area contributed by atoms with E-state index in [2.05, 4.69) is 66.5 Å². The van der Waals surface area contributed by atoms with Crippen LogP contribution in [0.3, 0.4) is 0 Å². The minimum atomic E-state index is -0.184. The lowest BCUT2D eigenvalue weighted by Crippen LogP contribution is -2.32. The highest BCUT2D eigenvalue weighted by atomic mass is 16.1. The van der Waals surface area contributed by atoms with Crippen molar-refractivity contribution >= 4 is 17.5 Å². The molecule has 2 N–H and O–H groups in total. The first-order valence-corrected chi connectivity index (χ1v) is 9.87. The number of nitrogens with zero attached hydrogens (tertiary/aromatic N) is 3. The average Bonchev–Trinajstić information content (AvgIpc) is 2.60. The van der Waals surface area contributed by atoms with Gasteiger partial charge in [-0.25, -0.2) is 9.97 Å². The number of carbonyl (C=O) groups excluding carboxylic acids is 1. The minimum Gasteiger partial charge on any atom is -0.349 e. The fourth-order valence-corrected chi connectivity index (χ4v) is 3.03. The molecule has 0 aliphatic carbocycles. The van der Waals surface area contributed by atoms with Gasteiger partial charge < -0.3 is 15.5 Å². The lowest BCUT2D eigenvalue weighted by atomic mass is 9.93. The fraction of sp³-hybridized carbons (Fsp3) is 0.500. The highest BCUT2D eigenvalue weighted by molar-refractivity contribution is 5.92. The van der Waals surface area contributed by atoms with Crippen molar-refractivity contribution in [3.05, 3.63) is 46.8 Å². The van der Waals surface area contributed by atoms with E-state index in [9.17, 15) is 4.79 Å². The Morgan fingerprint density at radius 1 is 1.07 bits per heavy atom. The van der Waals surface area contributed by atoms with E-state index in [1.807, 2.05) is 25.9 Å². The van der Waals surface area contributed by atoms with E-state index in [-0.39, 0.29) is 5.91 Å². The van der Waals surface area contributed by atoms with E-state index in [0.717, 1.165) is 17.9 Å². The van der Waals surface area contributed by atoms with Gasteiger partial charge in [-0.2, -0.15) is 0 Å². The minimum absolute atomic E-state index is 0.184. The summed E-state index contributed by atoms with van der Waals surface area (Å²) in [5.41, 5.74) is 4.60. The molecular formula is C22H33N5O. The lowest BCUT2D eigenvalue weighted by Gasteiger charge is -2.20. The molecule has 1 aromatic heterocycles. The van der Waals surface area contributed by atoms with Crippen molar-refractivity contribution in [1.82, 2.24) is 20.2 Å². The number of likely N-dealkylation sites (N-methyl/N-ethyl adjacent to an activating group) is 1. The van der Waals surface area contributed by atoms with Crippen LogP contribution in [-0.4, -0.2) is 48.0 Å². The first-order valence-electron chi connectivity index (χ1n) is 9.87. The highest BCUT2D eigenvalue weighted by Crippen LogP contribution is 2.33. The van der Waals surface area contributed by atoms with Gasteiger partial charge in [0.15, 0.2) is 0 Å². The number of aryl methyl sites for hydroxylation is 1. The highest BCUT2D eigenvalue weighted by Gasteiger charge is 2.16. The summed E-state index contributed by atoms with van der Waals surface area (Å²) in [5.74, 6) is 0.990. The molecule has 0 saturated heterocycles. The average molecular weight is 384 g/mol. The summed E-state index contributed by atoms with van der Waals surface area (Å²) in [4.78, 5) is 23.5. The van der Waals surface area contributed by atoms with Crippen molar-refractivity contribution in [1.29, 1.82) is 0 Å². The van der Waals surface area contributed by atoms with E-state index < -0.39 is 0 Å². The Hall–Kier alpha value is -2.47. The van der Waals surface area contributed by atoms with Gasteiger partial charge in [-0.3, -0.25) is 4.79 Å². The molecule has 28 heavy (non-hydrogen) atoms. The molecule has 6 nitrogen and oxygen atoms in total. The Labute approximate surface area is 168 Å². The molecule has 0 bridgehead atoms. The molecule has 1 amide bonds. The predicted octanol–water partition coefficient (Wildman–Crippen LogP) is 4.07. The Morgan fingerprint density at radius 3 is 2.21 bits per heavy atom. The molecule has 0 aliphatic rings. The van der Waals surface area contributed by atoms with E-state index in [0.29, 0.717) is 30.0 Å². The standard InChI is InChI=1S/C22H33N5O/c1-14(2)17-9-8-10-18(15(3)4)20(17)26-22-24-16(5)13-19(25-22)21(28)23-11-12-27(6)7/h8-10,13-15H,11-12H2,1-7H3,(H,23,28)(H,24,25,26). The van der Waals surface area contributed by atoms with Crippen LogP contribution in [0.25, 0.3) is 0 Å². The molecule has 1 aromatic carbocycles. The Balaban J connectivity index is 2.33. The number of amides is 1. The third kappa shape index (κ3) is 5.76. The molecule has 2 aromatic rings. The Morgan fingerprint density at radius 2 is 1.68 bits per heavy atom. The zero-order valence-electron chi connectivity index (χ0n) is 18.1. The second-order valence-electron chi connectivity index (χ2n) is 8.02. The maximum Gasteiger partial charge on any atom is 0.270 e. The smallest absolute Gasteiger partial charge is 0.270 e. The normalized spacial score (nSPS) is 11.4. The monoisotopic (exact) mass is 383 g/mol.